The van der Waals surface area contributed by atoms with Crippen molar-refractivity contribution in [3.63, 3.8) is 0 Å². The van der Waals surface area contributed by atoms with Crippen molar-refractivity contribution in [1.82, 2.24) is 19.1 Å². The Labute approximate surface area is 470 Å². The number of hydrogen-bond donors (Lipinski definition) is 2. The highest BCUT2D eigenvalue weighted by Gasteiger charge is 2.55. The van der Waals surface area contributed by atoms with Crippen LogP contribution in [0.4, 0.5) is 22.7 Å². The molecule has 14 heteroatoms. The van der Waals surface area contributed by atoms with E-state index in [9.17, 15) is 14.4 Å². The summed E-state index contributed by atoms with van der Waals surface area (Å²) in [5, 5.41) is 8.64. The maximum absolute atomic E-state index is 13.5. The van der Waals surface area contributed by atoms with Crippen molar-refractivity contribution in [1.29, 1.82) is 0 Å². The summed E-state index contributed by atoms with van der Waals surface area (Å²) in [5.74, 6) is -0.878. The van der Waals surface area contributed by atoms with Crippen LogP contribution in [0.15, 0.2) is 122 Å². The topological polar surface area (TPSA) is 136 Å². The first-order valence-electron chi connectivity index (χ1n) is 28.1. The molecule has 0 spiro atoms. The Morgan fingerprint density at radius 1 is 0.595 bits per heavy atom. The van der Waals surface area contributed by atoms with Crippen LogP contribution in [0.5, 0.6) is 0 Å². The number of nitrogens with zero attached hydrogens (tertiary/aromatic N) is 6. The zero-order valence-corrected chi connectivity index (χ0v) is 48.3. The number of aryl methyl sites for hydroxylation is 2. The first-order chi connectivity index (χ1) is 38.2. The SMILES string of the molecule is CCCC(=O)Nc1cc(N(CCC)CCC)ccc1C1(c2c(C)n(C)c3ccccc23)OC(=O)c2cccnc21.CCCN(CCC)c1ccc(C2(c3c(C)n(CC)c4ccccc34)OC(=O)c3cccnc32)c(NC(C)=S)c1. The van der Waals surface area contributed by atoms with Crippen LogP contribution in [0.3, 0.4) is 0 Å². The summed E-state index contributed by atoms with van der Waals surface area (Å²) in [6.07, 6.45) is 8.67. The zero-order valence-electron chi connectivity index (χ0n) is 47.5. The number of hydrogen-bond acceptors (Lipinski definition) is 10. The highest BCUT2D eigenvalue weighted by Crippen LogP contribution is 2.54. The third-order valence-electron chi connectivity index (χ3n) is 15.4. The van der Waals surface area contributed by atoms with E-state index in [1.807, 2.05) is 64.2 Å². The van der Waals surface area contributed by atoms with Crippen LogP contribution in [-0.4, -0.2) is 68.1 Å². The van der Waals surface area contributed by atoms with Gasteiger partial charge in [0.15, 0.2) is 0 Å². The molecule has 0 fully saturated rings. The lowest BCUT2D eigenvalue weighted by atomic mass is 9.80. The van der Waals surface area contributed by atoms with Gasteiger partial charge in [-0.1, -0.05) is 95.4 Å². The lowest BCUT2D eigenvalue weighted by Crippen LogP contribution is -2.33. The van der Waals surface area contributed by atoms with Crippen LogP contribution in [0.1, 0.15) is 153 Å². The van der Waals surface area contributed by atoms with Crippen LogP contribution in [-0.2, 0) is 39.1 Å². The van der Waals surface area contributed by atoms with Gasteiger partial charge >= 0.3 is 11.9 Å². The van der Waals surface area contributed by atoms with Crippen molar-refractivity contribution < 1.29 is 23.9 Å². The number of thiocarbonyl (C=S) groups is 1. The molecule has 0 radical (unpaired) electrons. The molecule has 6 heterocycles. The summed E-state index contributed by atoms with van der Waals surface area (Å²) >= 11 is 5.55. The molecule has 0 saturated carbocycles. The molecule has 4 aromatic heterocycles. The molecule has 2 unspecified atom stereocenters. The van der Waals surface area contributed by atoms with Gasteiger partial charge in [-0.05, 0) is 120 Å². The second-order valence-electron chi connectivity index (χ2n) is 20.6. The smallest absolute Gasteiger partial charge is 0.341 e. The number of benzene rings is 4. The molecule has 8 aromatic rings. The van der Waals surface area contributed by atoms with Crippen LogP contribution >= 0.6 is 12.2 Å². The third kappa shape index (κ3) is 9.93. The molecule has 10 rings (SSSR count). The molecule has 410 valence electrons. The number of carbonyl (C=O) groups excluding carboxylic acids is 3. The van der Waals surface area contributed by atoms with Gasteiger partial charge in [0.25, 0.3) is 0 Å². The van der Waals surface area contributed by atoms with E-state index in [2.05, 4.69) is 120 Å². The molecular formula is C65H74N8O5S. The minimum atomic E-state index is -1.34. The monoisotopic (exact) mass is 1080 g/mol. The maximum Gasteiger partial charge on any atom is 0.341 e. The molecule has 2 aliphatic rings. The van der Waals surface area contributed by atoms with Gasteiger partial charge in [-0.2, -0.15) is 0 Å². The molecular weight excluding hydrogens is 1000 g/mol. The van der Waals surface area contributed by atoms with Crippen molar-refractivity contribution in [3.8, 4) is 0 Å². The fraction of sp³-hybridized carbons (Fsp3) is 0.354. The fourth-order valence-electron chi connectivity index (χ4n) is 12.1. The number of carbonyl (C=O) groups is 3. The first-order valence-corrected chi connectivity index (χ1v) is 28.5. The number of rotatable bonds is 19. The highest BCUT2D eigenvalue weighted by molar-refractivity contribution is 7.80. The number of nitrogens with one attached hydrogen (secondary N) is 2. The number of ether oxygens (including phenoxy) is 2. The van der Waals surface area contributed by atoms with Crippen LogP contribution in [0.25, 0.3) is 21.8 Å². The third-order valence-corrected chi connectivity index (χ3v) is 15.5. The summed E-state index contributed by atoms with van der Waals surface area (Å²) in [6.45, 7) is 23.4. The molecule has 0 bridgehead atoms. The lowest BCUT2D eigenvalue weighted by molar-refractivity contribution is -0.116. The standard InChI is InChI=1S/C33H38N4O3.C32H36N4O2S/c1-6-12-29(38)35-27-21-23(37(19-7-2)20-8-3)16-17-26(27)33(31-25(32(39)40-33)14-11-18-34-31)30-22(4)36(5)28-15-10-9-13-24(28)30;1-6-18-35(19-7-2)23-15-16-26(27(20-23)34-22(5)39)32(30-25(31(37)38-32)13-11-17-33-30)29-21(4)36(8-3)28-14-10-9-12-24(28)29/h9-11,13-18,21H,6-8,12,19-20H2,1-5H3,(H,35,38);9-17,20H,6-8,18-19H2,1-5H3,(H,34,39). The predicted molar refractivity (Wildman–Crippen MR) is 323 cm³/mol. The van der Waals surface area contributed by atoms with E-state index in [1.165, 1.54) is 0 Å². The Balaban J connectivity index is 0.000000192. The van der Waals surface area contributed by atoms with E-state index in [0.29, 0.717) is 45.2 Å². The molecule has 79 heavy (non-hydrogen) atoms. The Morgan fingerprint density at radius 2 is 1.05 bits per heavy atom. The average Bonchev–Trinajstić information content (AvgIpc) is 3.28. The number of aromatic nitrogens is 4. The Kier molecular flexibility index (Phi) is 16.7. The van der Waals surface area contributed by atoms with Crippen LogP contribution in [0.2, 0.25) is 0 Å². The van der Waals surface area contributed by atoms with E-state index < -0.39 is 17.2 Å². The van der Waals surface area contributed by atoms with Gasteiger partial charge in [-0.3, -0.25) is 14.8 Å². The second kappa shape index (κ2) is 23.6. The largest absolute Gasteiger partial charge is 0.439 e. The Bertz CT molecular complexity index is 3590. The molecule has 4 aromatic carbocycles. The number of esters is 2. The maximum atomic E-state index is 13.5. The lowest BCUT2D eigenvalue weighted by Gasteiger charge is -2.33. The molecule has 13 nitrogen and oxygen atoms in total. The fourth-order valence-corrected chi connectivity index (χ4v) is 12.2. The van der Waals surface area contributed by atoms with Crippen molar-refractivity contribution in [3.05, 3.63) is 178 Å². The summed E-state index contributed by atoms with van der Waals surface area (Å²) in [7, 11) is 2.02. The van der Waals surface area contributed by atoms with Gasteiger partial charge in [0, 0.05) is 131 Å². The van der Waals surface area contributed by atoms with Gasteiger partial charge in [-0.15, -0.1) is 0 Å². The molecule has 2 N–H and O–H groups in total. The summed E-state index contributed by atoms with van der Waals surface area (Å²) < 4.78 is 17.4. The molecule has 0 aliphatic carbocycles. The second-order valence-corrected chi connectivity index (χ2v) is 21.2. The minimum Gasteiger partial charge on any atom is -0.439 e. The van der Waals surface area contributed by atoms with E-state index in [0.717, 1.165) is 132 Å². The number of amides is 1. The zero-order chi connectivity index (χ0) is 56.2. The predicted octanol–water partition coefficient (Wildman–Crippen LogP) is 13.9. The summed E-state index contributed by atoms with van der Waals surface area (Å²) in [4.78, 5) is 55.0. The number of pyridine rings is 2. The Hall–Kier alpha value is -7.84. The van der Waals surface area contributed by atoms with Gasteiger partial charge < -0.3 is 39.0 Å². The van der Waals surface area contributed by atoms with E-state index >= 15 is 0 Å². The Morgan fingerprint density at radius 3 is 1.52 bits per heavy atom. The van der Waals surface area contributed by atoms with Gasteiger partial charge in [0.2, 0.25) is 17.1 Å². The summed E-state index contributed by atoms with van der Waals surface area (Å²) in [5.41, 5.74) is 10.5. The van der Waals surface area contributed by atoms with Crippen molar-refractivity contribution in [2.75, 3.05) is 46.6 Å². The van der Waals surface area contributed by atoms with E-state index in [1.54, 1.807) is 36.7 Å². The quantitative estimate of drug-likeness (QED) is 0.0592. The van der Waals surface area contributed by atoms with E-state index in [4.69, 9.17) is 31.7 Å². The first kappa shape index (κ1) is 55.9. The van der Waals surface area contributed by atoms with Crippen LogP contribution in [0, 0.1) is 13.8 Å². The van der Waals surface area contributed by atoms with E-state index in [-0.39, 0.29) is 11.9 Å². The van der Waals surface area contributed by atoms with Crippen LogP contribution < -0.4 is 20.4 Å². The minimum absolute atomic E-state index is 0.0752. The molecule has 1 amide bonds. The van der Waals surface area contributed by atoms with Crippen molar-refractivity contribution in [2.45, 2.75) is 119 Å². The molecule has 2 aliphatic heterocycles. The van der Waals surface area contributed by atoms with Gasteiger partial charge in [-0.25, -0.2) is 9.59 Å². The highest BCUT2D eigenvalue weighted by atomic mass is 32.1. The number of cyclic esters (lactones) is 2. The van der Waals surface area contributed by atoms with Crippen molar-refractivity contribution in [2.24, 2.45) is 7.05 Å². The molecule has 2 atom stereocenters. The summed E-state index contributed by atoms with van der Waals surface area (Å²) in [6, 6.07) is 36.0. The average molecular weight is 1080 g/mol. The number of para-hydroxylation sites is 2. The van der Waals surface area contributed by atoms with Gasteiger partial charge in [0.1, 0.15) is 11.4 Å². The van der Waals surface area contributed by atoms with Crippen molar-refractivity contribution >= 4 is 79.6 Å². The number of anilines is 4. The molecule has 0 saturated heterocycles. The van der Waals surface area contributed by atoms with Gasteiger partial charge in [0.05, 0.1) is 21.8 Å². The normalized spacial score (nSPS) is 16.2. The number of fused-ring (bicyclic) bond motifs is 4.